The topological polar surface area (TPSA) is 159 Å². The fraction of sp³-hybridized carbons (Fsp3) is 0.682. The van der Waals surface area contributed by atoms with E-state index in [1.165, 1.54) is 6.33 Å². The Kier molecular flexibility index (Phi) is 12.2. The van der Waals surface area contributed by atoms with Crippen LogP contribution in [-0.2, 0) is 43.7 Å². The summed E-state index contributed by atoms with van der Waals surface area (Å²) in [5, 5.41) is 4.30. The summed E-state index contributed by atoms with van der Waals surface area (Å²) < 4.78 is 49.9. The van der Waals surface area contributed by atoms with Gasteiger partial charge in [-0.15, -0.1) is 0 Å². The van der Waals surface area contributed by atoms with Crippen molar-refractivity contribution in [1.82, 2.24) is 19.6 Å². The molecule has 1 unspecified atom stereocenters. The molecule has 1 atom stereocenters. The van der Waals surface area contributed by atoms with E-state index in [0.29, 0.717) is 12.8 Å². The quantitative estimate of drug-likeness (QED) is 0.176. The Balaban J connectivity index is 1.85. The molecule has 15 heteroatoms. The van der Waals surface area contributed by atoms with Crippen molar-refractivity contribution in [3.05, 3.63) is 23.9 Å². The van der Waals surface area contributed by atoms with Gasteiger partial charge < -0.3 is 23.7 Å². The van der Waals surface area contributed by atoms with Gasteiger partial charge in [0.2, 0.25) is 13.6 Å². The average Bonchev–Trinajstić information content (AvgIpc) is 3.21. The van der Waals surface area contributed by atoms with Crippen LogP contribution in [0.15, 0.2) is 12.5 Å². The van der Waals surface area contributed by atoms with Crippen molar-refractivity contribution in [3.63, 3.8) is 0 Å². The maximum Gasteiger partial charge on any atom is 0.510 e. The van der Waals surface area contributed by atoms with Gasteiger partial charge in [0.1, 0.15) is 18.5 Å². The lowest BCUT2D eigenvalue weighted by Gasteiger charge is -2.21. The molecule has 2 aromatic rings. The fourth-order valence-electron chi connectivity index (χ4n) is 2.90. The molecular formula is C22H35N4O10P. The van der Waals surface area contributed by atoms with Gasteiger partial charge in [-0.05, 0) is 60.8 Å². The summed E-state index contributed by atoms with van der Waals surface area (Å²) in [6.07, 6.45) is 1.72. The van der Waals surface area contributed by atoms with E-state index >= 15 is 0 Å². The van der Waals surface area contributed by atoms with Crippen LogP contribution < -0.4 is 0 Å². The molecule has 0 aliphatic carbocycles. The third-order valence-corrected chi connectivity index (χ3v) is 6.10. The van der Waals surface area contributed by atoms with Crippen LogP contribution in [0, 0.1) is 6.92 Å². The normalized spacial score (nSPS) is 12.6. The van der Waals surface area contributed by atoms with Crippen molar-refractivity contribution in [2.75, 3.05) is 19.9 Å². The number of ether oxygens (including phenoxy) is 5. The third-order valence-electron chi connectivity index (χ3n) is 4.64. The number of hydrogen-bond donors (Lipinski definition) is 0. The van der Waals surface area contributed by atoms with E-state index in [9.17, 15) is 14.2 Å². The van der Waals surface area contributed by atoms with Crippen LogP contribution in [0.1, 0.15) is 58.8 Å². The third kappa shape index (κ3) is 11.0. The minimum Gasteiger partial charge on any atom is -0.432 e. The van der Waals surface area contributed by atoms with Crippen molar-refractivity contribution in [1.29, 1.82) is 0 Å². The van der Waals surface area contributed by atoms with Crippen LogP contribution >= 0.6 is 7.60 Å². The number of hydrogen-bond acceptors (Lipinski definition) is 13. The number of rotatable bonds is 15. The first-order valence-electron chi connectivity index (χ1n) is 11.8. The molecule has 2 aromatic heterocycles. The molecule has 0 spiro atoms. The van der Waals surface area contributed by atoms with Gasteiger partial charge in [-0.2, -0.15) is 5.10 Å². The molecular weight excluding hydrogens is 511 g/mol. The molecule has 0 amide bonds. The van der Waals surface area contributed by atoms with Crippen LogP contribution in [0.25, 0.3) is 5.65 Å². The van der Waals surface area contributed by atoms with E-state index in [2.05, 4.69) is 15.1 Å². The van der Waals surface area contributed by atoms with Crippen LogP contribution in [0.4, 0.5) is 9.59 Å². The monoisotopic (exact) mass is 546 g/mol. The van der Waals surface area contributed by atoms with Gasteiger partial charge in [-0.25, -0.2) is 24.1 Å². The molecule has 2 rings (SSSR count). The lowest BCUT2D eigenvalue weighted by atomic mass is 10.1. The van der Waals surface area contributed by atoms with Gasteiger partial charge in [0, 0.05) is 5.56 Å². The predicted molar refractivity (Wildman–Crippen MR) is 129 cm³/mol. The maximum atomic E-state index is 13.1. The van der Waals surface area contributed by atoms with Crippen molar-refractivity contribution in [2.45, 2.75) is 79.1 Å². The van der Waals surface area contributed by atoms with E-state index in [0.717, 1.165) is 23.5 Å². The Labute approximate surface area is 215 Å². The number of carbonyl (C=O) groups is 2. The first kappa shape index (κ1) is 30.4. The van der Waals surface area contributed by atoms with E-state index in [1.807, 2.05) is 6.92 Å². The summed E-state index contributed by atoms with van der Waals surface area (Å²) in [4.78, 5) is 31.5. The highest BCUT2D eigenvalue weighted by Crippen LogP contribution is 2.48. The number of fused-ring (bicyclic) bond motifs is 1. The Morgan fingerprint density at radius 1 is 0.973 bits per heavy atom. The molecule has 0 radical (unpaired) electrons. The zero-order valence-corrected chi connectivity index (χ0v) is 22.8. The van der Waals surface area contributed by atoms with E-state index in [4.69, 9.17) is 32.7 Å². The smallest absolute Gasteiger partial charge is 0.432 e. The van der Waals surface area contributed by atoms with Crippen molar-refractivity contribution in [3.8, 4) is 0 Å². The highest BCUT2D eigenvalue weighted by atomic mass is 31.2. The second-order valence-electron chi connectivity index (χ2n) is 8.55. The zero-order chi connectivity index (χ0) is 27.4. The Morgan fingerprint density at radius 2 is 1.57 bits per heavy atom. The number of aryl methyl sites for hydroxylation is 2. The summed E-state index contributed by atoms with van der Waals surface area (Å²) in [6, 6.07) is 0. The van der Waals surface area contributed by atoms with E-state index in [-0.39, 0.29) is 6.10 Å². The molecule has 0 saturated carbocycles. The van der Waals surface area contributed by atoms with Crippen LogP contribution in [0.3, 0.4) is 0 Å². The van der Waals surface area contributed by atoms with Gasteiger partial charge in [-0.1, -0.05) is 0 Å². The lowest BCUT2D eigenvalue weighted by molar-refractivity contribution is -0.0367. The first-order valence-corrected chi connectivity index (χ1v) is 13.5. The van der Waals surface area contributed by atoms with Crippen LogP contribution in [0.2, 0.25) is 0 Å². The standard InChI is InChI=1S/C22H35N4O10P/c1-15(2)35-21(27)30-12-33-37(29,34-13-31-22(28)36-16(3)4)14-32-17(5)8-7-9-19-10-25-26-18(6)23-11-24-20(19)26/h10-11,15-17H,7-9,12-14H2,1-6H3. The Hall–Kier alpha value is -2.80. The van der Waals surface area contributed by atoms with Gasteiger partial charge in [0.15, 0.2) is 5.65 Å². The van der Waals surface area contributed by atoms with Crippen molar-refractivity contribution >= 4 is 25.6 Å². The molecule has 0 N–H and O–H groups in total. The average molecular weight is 547 g/mol. The Bertz CT molecular complexity index is 1030. The number of nitrogens with zero attached hydrogens (tertiary/aromatic N) is 4. The largest absolute Gasteiger partial charge is 0.510 e. The molecule has 0 bridgehead atoms. The lowest BCUT2D eigenvalue weighted by Crippen LogP contribution is -2.18. The van der Waals surface area contributed by atoms with Gasteiger partial charge >= 0.3 is 19.9 Å². The van der Waals surface area contributed by atoms with E-state index < -0.39 is 52.0 Å². The summed E-state index contributed by atoms with van der Waals surface area (Å²) in [5.41, 5.74) is 1.73. The molecule has 37 heavy (non-hydrogen) atoms. The molecule has 0 aromatic carbocycles. The highest BCUT2D eigenvalue weighted by Gasteiger charge is 2.28. The molecule has 0 aliphatic heterocycles. The second-order valence-corrected chi connectivity index (χ2v) is 10.5. The molecule has 14 nitrogen and oxygen atoms in total. The van der Waals surface area contributed by atoms with Crippen LogP contribution in [0.5, 0.6) is 0 Å². The summed E-state index contributed by atoms with van der Waals surface area (Å²) in [6.45, 7) is 8.79. The summed E-state index contributed by atoms with van der Waals surface area (Å²) in [7, 11) is -3.99. The van der Waals surface area contributed by atoms with Gasteiger partial charge in [-0.3, -0.25) is 13.6 Å². The zero-order valence-electron chi connectivity index (χ0n) is 21.9. The molecule has 0 saturated heterocycles. The minimum atomic E-state index is -3.99. The molecule has 0 aliphatic rings. The van der Waals surface area contributed by atoms with Crippen molar-refractivity contribution in [2.24, 2.45) is 0 Å². The predicted octanol–water partition coefficient (Wildman–Crippen LogP) is 4.38. The van der Waals surface area contributed by atoms with Gasteiger partial charge in [0.25, 0.3) is 0 Å². The second kappa shape index (κ2) is 14.8. The molecule has 0 fully saturated rings. The van der Waals surface area contributed by atoms with E-state index in [1.54, 1.807) is 45.3 Å². The van der Waals surface area contributed by atoms with Crippen molar-refractivity contribution < 1.29 is 46.9 Å². The van der Waals surface area contributed by atoms with Gasteiger partial charge in [0.05, 0.1) is 24.5 Å². The van der Waals surface area contributed by atoms with Crippen LogP contribution in [-0.4, -0.2) is 70.1 Å². The highest BCUT2D eigenvalue weighted by molar-refractivity contribution is 7.53. The number of carbonyl (C=O) groups excluding carboxylic acids is 2. The molecule has 2 heterocycles. The maximum absolute atomic E-state index is 13.1. The number of aromatic nitrogens is 4. The fourth-order valence-corrected chi connectivity index (χ4v) is 3.99. The minimum absolute atomic E-state index is 0.322. The summed E-state index contributed by atoms with van der Waals surface area (Å²) in [5.74, 6) is 0.742. The first-order chi connectivity index (χ1) is 17.5. The Morgan fingerprint density at radius 3 is 2.14 bits per heavy atom. The SMILES string of the molecule is Cc1ncnc2c(CCCC(C)OCP(=O)(OCOC(=O)OC(C)C)OCOC(=O)OC(C)C)cnn12. The summed E-state index contributed by atoms with van der Waals surface area (Å²) >= 11 is 0. The molecule has 208 valence electrons.